The second-order valence-electron chi connectivity index (χ2n) is 5.05. The summed E-state index contributed by atoms with van der Waals surface area (Å²) in [5.74, 6) is 0.0314. The van der Waals surface area contributed by atoms with Crippen LogP contribution in [0.3, 0.4) is 0 Å². The third-order valence-electron chi connectivity index (χ3n) is 3.71. The molecule has 1 heterocycles. The van der Waals surface area contributed by atoms with Crippen molar-refractivity contribution in [3.63, 3.8) is 0 Å². The molecule has 0 radical (unpaired) electrons. The predicted molar refractivity (Wildman–Crippen MR) is 60.0 cm³/mol. The lowest BCUT2D eigenvalue weighted by atomic mass is 10.0. The van der Waals surface area contributed by atoms with Crippen LogP contribution >= 0.6 is 0 Å². The molecule has 0 aromatic rings. The summed E-state index contributed by atoms with van der Waals surface area (Å²) in [6.07, 6.45) is 5.81. The second-order valence-corrected chi connectivity index (χ2v) is 5.05. The first-order valence-corrected chi connectivity index (χ1v) is 6.26. The molecule has 1 unspecified atom stereocenters. The number of hydrogen-bond acceptors (Lipinski definition) is 3. The molecule has 4 heteroatoms. The molecule has 92 valence electrons. The standard InChI is InChI=1S/C12H21NO3/c14-7-6-12(4-5-12)9-13-11(15)10-3-1-2-8-16-10/h10,14H,1-9H2,(H,13,15). The topological polar surface area (TPSA) is 58.6 Å². The highest BCUT2D eigenvalue weighted by molar-refractivity contribution is 5.80. The monoisotopic (exact) mass is 227 g/mol. The summed E-state index contributed by atoms with van der Waals surface area (Å²) in [6.45, 7) is 1.63. The van der Waals surface area contributed by atoms with Crippen molar-refractivity contribution in [1.29, 1.82) is 0 Å². The van der Waals surface area contributed by atoms with Gasteiger partial charge in [-0.1, -0.05) is 0 Å². The van der Waals surface area contributed by atoms with Crippen molar-refractivity contribution in [2.75, 3.05) is 19.8 Å². The number of rotatable bonds is 5. The maximum atomic E-state index is 11.8. The van der Waals surface area contributed by atoms with Crippen LogP contribution < -0.4 is 5.32 Å². The van der Waals surface area contributed by atoms with Crippen molar-refractivity contribution in [2.24, 2.45) is 5.41 Å². The molecule has 0 aromatic carbocycles. The molecule has 16 heavy (non-hydrogen) atoms. The molecule has 1 aliphatic heterocycles. The summed E-state index contributed by atoms with van der Waals surface area (Å²) < 4.78 is 5.42. The molecule has 2 rings (SSSR count). The Labute approximate surface area is 96.4 Å². The van der Waals surface area contributed by atoms with Crippen molar-refractivity contribution in [3.8, 4) is 0 Å². The molecule has 2 fully saturated rings. The average Bonchev–Trinajstić information content (AvgIpc) is 3.08. The Morgan fingerprint density at radius 1 is 1.44 bits per heavy atom. The van der Waals surface area contributed by atoms with Gasteiger partial charge in [-0.3, -0.25) is 4.79 Å². The van der Waals surface area contributed by atoms with Gasteiger partial charge in [0.2, 0.25) is 5.91 Å². The lowest BCUT2D eigenvalue weighted by molar-refractivity contribution is -0.135. The van der Waals surface area contributed by atoms with Gasteiger partial charge in [-0.15, -0.1) is 0 Å². The quantitative estimate of drug-likeness (QED) is 0.731. The Morgan fingerprint density at radius 2 is 2.25 bits per heavy atom. The summed E-state index contributed by atoms with van der Waals surface area (Å²) in [5, 5.41) is 11.9. The van der Waals surface area contributed by atoms with E-state index in [4.69, 9.17) is 9.84 Å². The van der Waals surface area contributed by atoms with Crippen LogP contribution in [0.4, 0.5) is 0 Å². The Balaban J connectivity index is 1.70. The molecule has 1 atom stereocenters. The third kappa shape index (κ3) is 2.95. The molecule has 1 aliphatic carbocycles. The smallest absolute Gasteiger partial charge is 0.249 e. The van der Waals surface area contributed by atoms with Crippen molar-refractivity contribution in [3.05, 3.63) is 0 Å². The van der Waals surface area contributed by atoms with Gasteiger partial charge in [-0.2, -0.15) is 0 Å². The number of hydrogen-bond donors (Lipinski definition) is 2. The first kappa shape index (κ1) is 11.9. The highest BCUT2D eigenvalue weighted by atomic mass is 16.5. The van der Waals surface area contributed by atoms with E-state index in [0.717, 1.165) is 38.5 Å². The number of aliphatic hydroxyl groups excluding tert-OH is 1. The summed E-state index contributed by atoms with van der Waals surface area (Å²) in [6, 6.07) is 0. The van der Waals surface area contributed by atoms with Crippen LogP contribution in [0.5, 0.6) is 0 Å². The largest absolute Gasteiger partial charge is 0.396 e. The first-order chi connectivity index (χ1) is 7.76. The summed E-state index contributed by atoms with van der Waals surface area (Å²) in [4.78, 5) is 11.8. The number of nitrogens with one attached hydrogen (secondary N) is 1. The number of amides is 1. The van der Waals surface area contributed by atoms with Crippen LogP contribution in [0.1, 0.15) is 38.5 Å². The Bertz CT molecular complexity index is 245. The fourth-order valence-electron chi connectivity index (χ4n) is 2.27. The maximum Gasteiger partial charge on any atom is 0.249 e. The minimum Gasteiger partial charge on any atom is -0.396 e. The van der Waals surface area contributed by atoms with Crippen LogP contribution in [0, 0.1) is 5.41 Å². The van der Waals surface area contributed by atoms with E-state index in [-0.39, 0.29) is 24.0 Å². The van der Waals surface area contributed by atoms with Gasteiger partial charge in [-0.25, -0.2) is 0 Å². The number of aliphatic hydroxyl groups is 1. The van der Waals surface area contributed by atoms with E-state index in [1.54, 1.807) is 0 Å². The third-order valence-corrected chi connectivity index (χ3v) is 3.71. The van der Waals surface area contributed by atoms with Crippen molar-refractivity contribution in [2.45, 2.75) is 44.6 Å². The fraction of sp³-hybridized carbons (Fsp3) is 0.917. The van der Waals surface area contributed by atoms with Gasteiger partial charge in [0.15, 0.2) is 0 Å². The minimum absolute atomic E-state index is 0.0314. The normalized spacial score (nSPS) is 27.4. The molecule has 2 aliphatic rings. The molecule has 1 saturated heterocycles. The number of carbonyl (C=O) groups excluding carboxylic acids is 1. The molecular formula is C12H21NO3. The summed E-state index contributed by atoms with van der Waals surface area (Å²) in [5.41, 5.74) is 0.194. The SMILES string of the molecule is O=C(NCC1(CCO)CC1)C1CCCCO1. The van der Waals surface area contributed by atoms with Gasteiger partial charge in [0.05, 0.1) is 0 Å². The van der Waals surface area contributed by atoms with Gasteiger partial charge >= 0.3 is 0 Å². The lowest BCUT2D eigenvalue weighted by Gasteiger charge is -2.23. The molecule has 0 spiro atoms. The molecule has 4 nitrogen and oxygen atoms in total. The zero-order chi connectivity index (χ0) is 11.4. The van der Waals surface area contributed by atoms with Crippen molar-refractivity contribution < 1.29 is 14.6 Å². The van der Waals surface area contributed by atoms with Crippen molar-refractivity contribution in [1.82, 2.24) is 5.32 Å². The van der Waals surface area contributed by atoms with E-state index in [2.05, 4.69) is 5.32 Å². The highest BCUT2D eigenvalue weighted by Crippen LogP contribution is 2.47. The van der Waals surface area contributed by atoms with Crippen LogP contribution in [0.25, 0.3) is 0 Å². The van der Waals surface area contributed by atoms with E-state index in [9.17, 15) is 4.79 Å². The predicted octanol–water partition coefficient (Wildman–Crippen LogP) is 0.834. The van der Waals surface area contributed by atoms with E-state index < -0.39 is 0 Å². The Morgan fingerprint density at radius 3 is 2.81 bits per heavy atom. The zero-order valence-electron chi connectivity index (χ0n) is 9.71. The van der Waals surface area contributed by atoms with Gasteiger partial charge in [0, 0.05) is 19.8 Å². The van der Waals surface area contributed by atoms with Crippen molar-refractivity contribution >= 4 is 5.91 Å². The molecule has 0 bridgehead atoms. The van der Waals surface area contributed by atoms with Crippen LogP contribution in [0.2, 0.25) is 0 Å². The average molecular weight is 227 g/mol. The van der Waals surface area contributed by atoms with Gasteiger partial charge in [-0.05, 0) is 43.9 Å². The highest BCUT2D eigenvalue weighted by Gasteiger charge is 2.42. The van der Waals surface area contributed by atoms with E-state index >= 15 is 0 Å². The zero-order valence-corrected chi connectivity index (χ0v) is 9.71. The minimum atomic E-state index is -0.237. The van der Waals surface area contributed by atoms with Gasteiger partial charge in [0.25, 0.3) is 0 Å². The molecule has 1 amide bonds. The van der Waals surface area contributed by atoms with Crippen LogP contribution in [0.15, 0.2) is 0 Å². The molecular weight excluding hydrogens is 206 g/mol. The Hall–Kier alpha value is -0.610. The van der Waals surface area contributed by atoms with Gasteiger partial charge < -0.3 is 15.2 Å². The van der Waals surface area contributed by atoms with Gasteiger partial charge in [0.1, 0.15) is 6.10 Å². The second kappa shape index (κ2) is 5.15. The molecule has 0 aromatic heterocycles. The lowest BCUT2D eigenvalue weighted by Crippen LogP contribution is -2.41. The van der Waals surface area contributed by atoms with E-state index in [1.807, 2.05) is 0 Å². The first-order valence-electron chi connectivity index (χ1n) is 6.26. The van der Waals surface area contributed by atoms with E-state index in [1.165, 1.54) is 0 Å². The maximum absolute atomic E-state index is 11.8. The number of carbonyl (C=O) groups is 1. The summed E-state index contributed by atoms with van der Waals surface area (Å²) in [7, 11) is 0. The Kier molecular flexibility index (Phi) is 3.82. The summed E-state index contributed by atoms with van der Waals surface area (Å²) >= 11 is 0. The van der Waals surface area contributed by atoms with Crippen LogP contribution in [-0.4, -0.2) is 36.9 Å². The fourth-order valence-corrected chi connectivity index (χ4v) is 2.27. The molecule has 2 N–H and O–H groups in total. The number of ether oxygens (including phenoxy) is 1. The van der Waals surface area contributed by atoms with E-state index in [0.29, 0.717) is 13.2 Å². The van der Waals surface area contributed by atoms with Crippen LogP contribution in [-0.2, 0) is 9.53 Å². The molecule has 1 saturated carbocycles.